The molecule has 1 aromatic rings. The summed E-state index contributed by atoms with van der Waals surface area (Å²) in [7, 11) is -16.7. The van der Waals surface area contributed by atoms with Crippen LogP contribution in [-0.2, 0) is 31.6 Å². The van der Waals surface area contributed by atoms with Gasteiger partial charge in [0.2, 0.25) is 0 Å². The predicted octanol–water partition coefficient (Wildman–Crippen LogP) is -1.13. The number of nitrogens with one attached hydrogen (secondary N) is 1. The molecule has 7 N–H and O–H groups in total. The van der Waals surface area contributed by atoms with Crippen molar-refractivity contribution in [2.75, 3.05) is 6.61 Å². The van der Waals surface area contributed by atoms with Gasteiger partial charge in [-0.1, -0.05) is 0 Å². The van der Waals surface area contributed by atoms with Gasteiger partial charge in [-0.15, -0.1) is 0 Å². The molecule has 0 amide bonds. The van der Waals surface area contributed by atoms with Crippen LogP contribution >= 0.6 is 35.7 Å². The van der Waals surface area contributed by atoms with Crippen molar-refractivity contribution < 1.29 is 61.4 Å². The van der Waals surface area contributed by atoms with Gasteiger partial charge in [-0.05, 0) is 12.2 Å². The zero-order valence-electron chi connectivity index (χ0n) is 13.8. The Kier molecular flexibility index (Phi) is 7.54. The molecule has 29 heavy (non-hydrogen) atoms. The molecule has 6 atom stereocenters. The van der Waals surface area contributed by atoms with Crippen LogP contribution in [0, 0.1) is 4.77 Å². The number of aliphatic hydroxyl groups excluding tert-OH is 2. The fourth-order valence-electron chi connectivity index (χ4n) is 2.20. The maximum absolute atomic E-state index is 11.7. The molecule has 16 nitrogen and oxygen atoms in total. The molecule has 2 rings (SSSR count). The highest BCUT2D eigenvalue weighted by atomic mass is 32.1. The fraction of sp³-hybridized carbons (Fsp3) is 0.556. The first-order valence-corrected chi connectivity index (χ1v) is 12.1. The molecule has 1 aliphatic rings. The lowest BCUT2D eigenvalue weighted by atomic mass is 10.1. The highest BCUT2D eigenvalue weighted by Gasteiger charge is 2.46. The van der Waals surface area contributed by atoms with Crippen LogP contribution in [0.4, 0.5) is 0 Å². The molecule has 2 heterocycles. The molecule has 1 fully saturated rings. The molecule has 0 bridgehead atoms. The molecule has 0 aromatic carbocycles. The van der Waals surface area contributed by atoms with E-state index in [2.05, 4.69) is 18.1 Å². The summed E-state index contributed by atoms with van der Waals surface area (Å²) in [4.78, 5) is 48.8. The van der Waals surface area contributed by atoms with E-state index in [4.69, 9.17) is 31.6 Å². The zero-order chi connectivity index (χ0) is 22.2. The van der Waals surface area contributed by atoms with Crippen LogP contribution in [0.1, 0.15) is 6.23 Å². The number of hydrogen-bond donors (Lipinski definition) is 7. The average molecular weight is 500 g/mol. The van der Waals surface area contributed by atoms with Gasteiger partial charge < -0.3 is 34.5 Å². The molecule has 1 saturated heterocycles. The fourth-order valence-corrected chi connectivity index (χ4v) is 5.49. The number of aromatic amines is 1. The maximum atomic E-state index is 11.7. The minimum absolute atomic E-state index is 0.165. The minimum atomic E-state index is -5.70. The van der Waals surface area contributed by atoms with Crippen molar-refractivity contribution in [3.8, 4) is 0 Å². The second kappa shape index (κ2) is 8.86. The van der Waals surface area contributed by atoms with Gasteiger partial charge in [0.25, 0.3) is 5.56 Å². The van der Waals surface area contributed by atoms with Gasteiger partial charge in [0.05, 0.1) is 6.61 Å². The predicted molar refractivity (Wildman–Crippen MR) is 91.6 cm³/mol. The topological polar surface area (TPSA) is 247 Å². The maximum Gasteiger partial charge on any atom is 0.490 e. The summed E-state index contributed by atoms with van der Waals surface area (Å²) in [6.45, 7) is -0.977. The van der Waals surface area contributed by atoms with Crippen molar-refractivity contribution in [1.82, 2.24) is 9.55 Å². The largest absolute Gasteiger partial charge is 0.490 e. The van der Waals surface area contributed by atoms with E-state index in [1.807, 2.05) is 0 Å². The first-order chi connectivity index (χ1) is 13.1. The third kappa shape index (κ3) is 6.95. The normalized spacial score (nSPS) is 29.3. The summed E-state index contributed by atoms with van der Waals surface area (Å²) in [5, 5.41) is 20.1. The number of ether oxygens (including phenoxy) is 1. The molecular formula is C9H15N2O14P3S. The summed E-state index contributed by atoms with van der Waals surface area (Å²) in [6.07, 6.45) is -4.97. The summed E-state index contributed by atoms with van der Waals surface area (Å²) < 4.78 is 51.1. The lowest BCUT2D eigenvalue weighted by Crippen LogP contribution is -2.34. The number of phosphoric acid groups is 3. The van der Waals surface area contributed by atoms with E-state index in [1.165, 1.54) is 0 Å². The molecule has 0 aliphatic carbocycles. The first kappa shape index (κ1) is 24.7. The van der Waals surface area contributed by atoms with Crippen molar-refractivity contribution >= 4 is 35.7 Å². The van der Waals surface area contributed by atoms with E-state index < -0.39 is 60.2 Å². The van der Waals surface area contributed by atoms with Gasteiger partial charge >= 0.3 is 23.5 Å². The quantitative estimate of drug-likeness (QED) is 0.165. The van der Waals surface area contributed by atoms with E-state index in [9.17, 15) is 33.6 Å². The van der Waals surface area contributed by atoms with Gasteiger partial charge in [0.15, 0.2) is 11.0 Å². The Labute approximate surface area is 165 Å². The third-order valence-electron chi connectivity index (χ3n) is 3.28. The van der Waals surface area contributed by atoms with Gasteiger partial charge in [-0.2, -0.15) is 8.62 Å². The highest BCUT2D eigenvalue weighted by Crippen LogP contribution is 2.66. The molecule has 1 aromatic heterocycles. The van der Waals surface area contributed by atoms with Crippen molar-refractivity contribution in [3.05, 3.63) is 27.4 Å². The first-order valence-electron chi connectivity index (χ1n) is 7.22. The van der Waals surface area contributed by atoms with Crippen LogP contribution in [0.2, 0.25) is 0 Å². The number of nitrogens with zero attached hydrogens (tertiary/aromatic N) is 1. The summed E-state index contributed by atoms with van der Waals surface area (Å²) in [6, 6.07) is 1.05. The minimum Gasteiger partial charge on any atom is -0.387 e. The number of H-pyrrole nitrogens is 1. The lowest BCUT2D eigenvalue weighted by molar-refractivity contribution is -0.0533. The monoisotopic (exact) mass is 500 g/mol. The summed E-state index contributed by atoms with van der Waals surface area (Å²) >= 11 is 4.90. The van der Waals surface area contributed by atoms with Gasteiger partial charge in [0.1, 0.15) is 18.3 Å². The van der Waals surface area contributed by atoms with Crippen LogP contribution in [-0.4, -0.2) is 64.3 Å². The number of aromatic nitrogens is 2. The number of phosphoric ester groups is 1. The molecule has 2 unspecified atom stereocenters. The van der Waals surface area contributed by atoms with Gasteiger partial charge in [-0.3, -0.25) is 18.9 Å². The lowest BCUT2D eigenvalue weighted by Gasteiger charge is -2.19. The third-order valence-corrected chi connectivity index (χ3v) is 7.40. The van der Waals surface area contributed by atoms with Gasteiger partial charge in [-0.25, -0.2) is 13.7 Å². The molecule has 0 saturated carbocycles. The molecular weight excluding hydrogens is 485 g/mol. The number of hydrogen-bond acceptors (Lipinski definition) is 11. The van der Waals surface area contributed by atoms with E-state index in [1.54, 1.807) is 0 Å². The number of aliphatic hydroxyl groups is 2. The Hall–Kier alpha value is -0.610. The Morgan fingerprint density at radius 3 is 2.28 bits per heavy atom. The Bertz CT molecular complexity index is 1000. The van der Waals surface area contributed by atoms with Gasteiger partial charge in [0, 0.05) is 12.3 Å². The summed E-state index contributed by atoms with van der Waals surface area (Å²) in [5.41, 5.74) is -0.538. The zero-order valence-corrected chi connectivity index (χ0v) is 17.3. The van der Waals surface area contributed by atoms with E-state index in [-0.39, 0.29) is 4.77 Å². The number of rotatable bonds is 8. The second-order valence-electron chi connectivity index (χ2n) is 5.45. The van der Waals surface area contributed by atoms with Crippen LogP contribution in [0.5, 0.6) is 0 Å². The van der Waals surface area contributed by atoms with Crippen molar-refractivity contribution in [1.29, 1.82) is 0 Å². The Morgan fingerprint density at radius 2 is 1.72 bits per heavy atom. The molecule has 0 radical (unpaired) electrons. The van der Waals surface area contributed by atoms with Crippen LogP contribution in [0.25, 0.3) is 0 Å². The average Bonchev–Trinajstić information content (AvgIpc) is 2.78. The Balaban J connectivity index is 2.06. The summed E-state index contributed by atoms with van der Waals surface area (Å²) in [5.74, 6) is 0. The standard InChI is InChI=1S/C9H15N2O14P3S/c12-5-1-2-11(9(29)10-5)8-7(14)6(13)4(23-8)3-22-27(18,19)25-28(20,21)24-26(15,16)17/h1-2,4,6-8,13-14H,3H2,(H,18,19)(H,20,21)(H,10,12,29)(H2,15,16,17)/t4-,6-,7-,8-/m1/s1. The second-order valence-corrected chi connectivity index (χ2v) is 10.3. The molecule has 0 spiro atoms. The van der Waals surface area contributed by atoms with Crippen molar-refractivity contribution in [3.63, 3.8) is 0 Å². The van der Waals surface area contributed by atoms with E-state index in [0.29, 0.717) is 0 Å². The van der Waals surface area contributed by atoms with Crippen molar-refractivity contribution in [2.45, 2.75) is 24.5 Å². The SMILES string of the molecule is O=c1ccn([C@@H]2O[C@H](COP(=O)(O)OP(=O)(O)OP(=O)(O)O)[C@@H](O)[C@H]2O)c(=S)[nH]1. The van der Waals surface area contributed by atoms with Crippen LogP contribution in [0.3, 0.4) is 0 Å². The van der Waals surface area contributed by atoms with Crippen molar-refractivity contribution in [2.24, 2.45) is 0 Å². The van der Waals surface area contributed by atoms with Crippen LogP contribution in [0.15, 0.2) is 17.1 Å². The molecule has 20 heteroatoms. The molecule has 166 valence electrons. The van der Waals surface area contributed by atoms with Crippen LogP contribution < -0.4 is 5.56 Å². The van der Waals surface area contributed by atoms with E-state index in [0.717, 1.165) is 16.8 Å². The van der Waals surface area contributed by atoms with E-state index >= 15 is 0 Å². The highest BCUT2D eigenvalue weighted by molar-refractivity contribution is 7.71. The Morgan fingerprint density at radius 1 is 1.10 bits per heavy atom. The molecule has 1 aliphatic heterocycles. The smallest absolute Gasteiger partial charge is 0.387 e.